The van der Waals surface area contributed by atoms with Gasteiger partial charge >= 0.3 is 0 Å². The molecule has 0 radical (unpaired) electrons. The van der Waals surface area contributed by atoms with Crippen molar-refractivity contribution in [1.82, 2.24) is 10.2 Å². The highest BCUT2D eigenvalue weighted by molar-refractivity contribution is 4.82. The van der Waals surface area contributed by atoms with E-state index in [1.165, 1.54) is 64.7 Å². The van der Waals surface area contributed by atoms with Gasteiger partial charge in [0.15, 0.2) is 0 Å². The molecule has 1 saturated heterocycles. The van der Waals surface area contributed by atoms with Gasteiger partial charge in [-0.25, -0.2) is 0 Å². The summed E-state index contributed by atoms with van der Waals surface area (Å²) < 4.78 is 0. The van der Waals surface area contributed by atoms with Gasteiger partial charge in [0.25, 0.3) is 0 Å². The lowest BCUT2D eigenvalue weighted by Gasteiger charge is -2.39. The minimum absolute atomic E-state index is 0.799. The van der Waals surface area contributed by atoms with Crippen molar-refractivity contribution in [3.63, 3.8) is 0 Å². The molecule has 1 aliphatic carbocycles. The Balaban J connectivity index is 1.76. The van der Waals surface area contributed by atoms with Crippen LogP contribution in [0.1, 0.15) is 52.4 Å². The average Bonchev–Trinajstić information content (AvgIpc) is 2.40. The van der Waals surface area contributed by atoms with Gasteiger partial charge in [0, 0.05) is 32.2 Å². The molecule has 1 N–H and O–H groups in total. The molecule has 0 aromatic carbocycles. The summed E-state index contributed by atoms with van der Waals surface area (Å²) in [6.45, 7) is 9.73. The second-order valence-corrected chi connectivity index (χ2v) is 6.06. The van der Waals surface area contributed by atoms with Gasteiger partial charge in [-0.2, -0.15) is 0 Å². The third-order valence-corrected chi connectivity index (χ3v) is 4.98. The van der Waals surface area contributed by atoms with E-state index in [1.807, 2.05) is 0 Å². The van der Waals surface area contributed by atoms with Crippen LogP contribution in [0.5, 0.6) is 0 Å². The molecule has 0 aromatic heterocycles. The third-order valence-electron chi connectivity index (χ3n) is 4.98. The molecule has 100 valence electrons. The Kier molecular flexibility index (Phi) is 5.30. The number of piperazine rings is 1. The quantitative estimate of drug-likeness (QED) is 0.810. The Hall–Kier alpha value is -0.0800. The van der Waals surface area contributed by atoms with Crippen molar-refractivity contribution in [3.8, 4) is 0 Å². The number of hydrogen-bond acceptors (Lipinski definition) is 2. The standard InChI is InChI=1S/C15H30N2/c1-3-13-5-7-14(8-6-13)12-17-10-9-16-11-15(17)4-2/h13-16H,3-12H2,1-2H3. The molecule has 0 bridgehead atoms. The maximum atomic E-state index is 3.53. The minimum Gasteiger partial charge on any atom is -0.314 e. The number of rotatable bonds is 4. The highest BCUT2D eigenvalue weighted by Gasteiger charge is 2.26. The van der Waals surface area contributed by atoms with Gasteiger partial charge in [0.2, 0.25) is 0 Å². The van der Waals surface area contributed by atoms with Crippen molar-refractivity contribution < 1.29 is 0 Å². The van der Waals surface area contributed by atoms with Gasteiger partial charge < -0.3 is 5.32 Å². The van der Waals surface area contributed by atoms with Crippen LogP contribution in [0, 0.1) is 11.8 Å². The highest BCUT2D eigenvalue weighted by Crippen LogP contribution is 2.31. The molecule has 2 fully saturated rings. The summed E-state index contributed by atoms with van der Waals surface area (Å²) in [6.07, 6.45) is 8.65. The van der Waals surface area contributed by atoms with Gasteiger partial charge in [-0.1, -0.05) is 33.1 Å². The van der Waals surface area contributed by atoms with E-state index in [9.17, 15) is 0 Å². The number of nitrogens with one attached hydrogen (secondary N) is 1. The zero-order chi connectivity index (χ0) is 12.1. The molecule has 1 unspecified atom stereocenters. The van der Waals surface area contributed by atoms with E-state index in [0.29, 0.717) is 0 Å². The summed E-state index contributed by atoms with van der Waals surface area (Å²) >= 11 is 0. The maximum Gasteiger partial charge on any atom is 0.0218 e. The van der Waals surface area contributed by atoms with E-state index in [0.717, 1.165) is 17.9 Å². The zero-order valence-corrected chi connectivity index (χ0v) is 11.8. The zero-order valence-electron chi connectivity index (χ0n) is 11.8. The lowest BCUT2D eigenvalue weighted by Crippen LogP contribution is -2.52. The topological polar surface area (TPSA) is 15.3 Å². The van der Waals surface area contributed by atoms with Gasteiger partial charge in [-0.05, 0) is 31.1 Å². The maximum absolute atomic E-state index is 3.53. The molecule has 0 amide bonds. The lowest BCUT2D eigenvalue weighted by atomic mass is 9.80. The molecule has 0 aromatic rings. The van der Waals surface area contributed by atoms with Crippen molar-refractivity contribution in [3.05, 3.63) is 0 Å². The Morgan fingerprint density at radius 1 is 1.00 bits per heavy atom. The predicted molar refractivity (Wildman–Crippen MR) is 74.3 cm³/mol. The van der Waals surface area contributed by atoms with Gasteiger partial charge in [0.1, 0.15) is 0 Å². The monoisotopic (exact) mass is 238 g/mol. The fraction of sp³-hybridized carbons (Fsp3) is 1.00. The summed E-state index contributed by atoms with van der Waals surface area (Å²) in [5.74, 6) is 2.03. The summed E-state index contributed by atoms with van der Waals surface area (Å²) in [4.78, 5) is 2.76. The van der Waals surface area contributed by atoms with Crippen molar-refractivity contribution in [1.29, 1.82) is 0 Å². The Morgan fingerprint density at radius 3 is 2.35 bits per heavy atom. The Bertz CT molecular complexity index is 209. The molecule has 1 atom stereocenters. The molecule has 1 heterocycles. The highest BCUT2D eigenvalue weighted by atomic mass is 15.2. The second kappa shape index (κ2) is 6.75. The minimum atomic E-state index is 0.799. The fourth-order valence-electron chi connectivity index (χ4n) is 3.60. The van der Waals surface area contributed by atoms with Crippen LogP contribution in [0.4, 0.5) is 0 Å². The fourth-order valence-corrected chi connectivity index (χ4v) is 3.60. The molecule has 1 aliphatic heterocycles. The van der Waals surface area contributed by atoms with E-state index in [1.54, 1.807) is 0 Å². The Morgan fingerprint density at radius 2 is 1.71 bits per heavy atom. The molecule has 17 heavy (non-hydrogen) atoms. The summed E-state index contributed by atoms with van der Waals surface area (Å²) in [7, 11) is 0. The largest absolute Gasteiger partial charge is 0.314 e. The second-order valence-electron chi connectivity index (χ2n) is 6.06. The molecule has 2 heteroatoms. The number of nitrogens with zero attached hydrogens (tertiary/aromatic N) is 1. The van der Waals surface area contributed by atoms with Crippen LogP contribution in [-0.2, 0) is 0 Å². The van der Waals surface area contributed by atoms with Crippen molar-refractivity contribution in [2.45, 2.75) is 58.4 Å². The predicted octanol–water partition coefficient (Wildman–Crippen LogP) is 2.89. The van der Waals surface area contributed by atoms with Crippen molar-refractivity contribution in [2.75, 3.05) is 26.2 Å². The van der Waals surface area contributed by atoms with E-state index in [2.05, 4.69) is 24.1 Å². The molecule has 2 rings (SSSR count). The first-order valence-corrected chi connectivity index (χ1v) is 7.78. The van der Waals surface area contributed by atoms with Crippen LogP contribution in [0.2, 0.25) is 0 Å². The van der Waals surface area contributed by atoms with Gasteiger partial charge in [-0.15, -0.1) is 0 Å². The molecule has 2 nitrogen and oxygen atoms in total. The molecule has 2 aliphatic rings. The van der Waals surface area contributed by atoms with Crippen LogP contribution >= 0.6 is 0 Å². The van der Waals surface area contributed by atoms with Gasteiger partial charge in [-0.3, -0.25) is 4.90 Å². The third kappa shape index (κ3) is 3.69. The number of hydrogen-bond donors (Lipinski definition) is 1. The van der Waals surface area contributed by atoms with E-state index in [-0.39, 0.29) is 0 Å². The van der Waals surface area contributed by atoms with Gasteiger partial charge in [0.05, 0.1) is 0 Å². The summed E-state index contributed by atoms with van der Waals surface area (Å²) in [6, 6.07) is 0.799. The lowest BCUT2D eigenvalue weighted by molar-refractivity contribution is 0.112. The summed E-state index contributed by atoms with van der Waals surface area (Å²) in [5.41, 5.74) is 0. The average molecular weight is 238 g/mol. The van der Waals surface area contributed by atoms with E-state index in [4.69, 9.17) is 0 Å². The van der Waals surface area contributed by atoms with Crippen LogP contribution in [0.3, 0.4) is 0 Å². The molecule has 0 spiro atoms. The van der Waals surface area contributed by atoms with Crippen LogP contribution in [0.15, 0.2) is 0 Å². The molecular formula is C15H30N2. The van der Waals surface area contributed by atoms with Crippen molar-refractivity contribution >= 4 is 0 Å². The van der Waals surface area contributed by atoms with E-state index < -0.39 is 0 Å². The first kappa shape index (κ1) is 13.4. The van der Waals surface area contributed by atoms with Crippen LogP contribution in [-0.4, -0.2) is 37.1 Å². The smallest absolute Gasteiger partial charge is 0.0218 e. The first-order valence-electron chi connectivity index (χ1n) is 7.78. The van der Waals surface area contributed by atoms with Crippen LogP contribution < -0.4 is 5.32 Å². The molecule has 1 saturated carbocycles. The first-order chi connectivity index (χ1) is 8.33. The summed E-state index contributed by atoms with van der Waals surface area (Å²) in [5, 5.41) is 3.53. The van der Waals surface area contributed by atoms with Crippen molar-refractivity contribution in [2.24, 2.45) is 11.8 Å². The van der Waals surface area contributed by atoms with E-state index >= 15 is 0 Å². The SMILES string of the molecule is CCC1CCC(CN2CCNCC2CC)CC1. The molecular weight excluding hydrogens is 208 g/mol. The Labute approximate surface area is 107 Å². The van der Waals surface area contributed by atoms with Crippen LogP contribution in [0.25, 0.3) is 0 Å². The normalized spacial score (nSPS) is 36.0.